The number of hydrogen-bond donors (Lipinski definition) is 0. The Balaban J connectivity index is 1.39. The van der Waals surface area contributed by atoms with Crippen LogP contribution in [0.5, 0.6) is 0 Å². The predicted molar refractivity (Wildman–Crippen MR) is 167 cm³/mol. The van der Waals surface area contributed by atoms with Crippen LogP contribution in [0.2, 0.25) is 0 Å². The topological polar surface area (TPSA) is 4.93 Å². The molecule has 8 aromatic rings. The van der Waals surface area contributed by atoms with Crippen molar-refractivity contribution < 1.29 is 0 Å². The van der Waals surface area contributed by atoms with E-state index in [1.54, 1.807) is 0 Å². The Kier molecular flexibility index (Phi) is 4.89. The summed E-state index contributed by atoms with van der Waals surface area (Å²) in [6.45, 7) is 0. The highest BCUT2D eigenvalue weighted by Crippen LogP contribution is 2.38. The highest BCUT2D eigenvalue weighted by atomic mass is 15.0. The van der Waals surface area contributed by atoms with Crippen molar-refractivity contribution in [1.29, 1.82) is 0 Å². The first kappa shape index (κ1) is 21.9. The molecule has 0 aliphatic carbocycles. The molecule has 0 aliphatic rings. The highest BCUT2D eigenvalue weighted by Gasteiger charge is 2.15. The van der Waals surface area contributed by atoms with Gasteiger partial charge in [-0.25, -0.2) is 0 Å². The molecule has 0 radical (unpaired) electrons. The summed E-state index contributed by atoms with van der Waals surface area (Å²) in [5.74, 6) is 0. The standard InChI is InChI=1S/C38H25N/c1-2-11-26(12-3-1)31-18-10-14-28-23-27(21-22-32(28)31)30-24-29-13-4-5-15-33(29)38(25-30)39-36-19-8-6-16-34(36)35-17-7-9-20-37(35)39/h1-25H. The van der Waals surface area contributed by atoms with Crippen LogP contribution >= 0.6 is 0 Å². The van der Waals surface area contributed by atoms with Crippen LogP contribution in [0.25, 0.3) is 71.3 Å². The van der Waals surface area contributed by atoms with Crippen LogP contribution in [0.3, 0.4) is 0 Å². The number of fused-ring (bicyclic) bond motifs is 5. The molecule has 8 rings (SSSR count). The zero-order valence-corrected chi connectivity index (χ0v) is 21.4. The quantitative estimate of drug-likeness (QED) is 0.230. The summed E-state index contributed by atoms with van der Waals surface area (Å²) in [6.07, 6.45) is 0. The maximum absolute atomic E-state index is 2.44. The molecule has 0 unspecified atom stereocenters. The van der Waals surface area contributed by atoms with Crippen molar-refractivity contribution in [2.24, 2.45) is 0 Å². The van der Waals surface area contributed by atoms with Crippen molar-refractivity contribution in [3.05, 3.63) is 152 Å². The van der Waals surface area contributed by atoms with Crippen molar-refractivity contribution in [3.8, 4) is 27.9 Å². The SMILES string of the molecule is c1ccc(-c2cccc3cc(-c4cc(-n5c6ccccc6c6ccccc65)c5ccccc5c4)ccc23)cc1. The minimum atomic E-state index is 1.21. The van der Waals surface area contributed by atoms with Crippen LogP contribution in [0, 0.1) is 0 Å². The fraction of sp³-hybridized carbons (Fsp3) is 0. The van der Waals surface area contributed by atoms with Gasteiger partial charge in [0.05, 0.1) is 16.7 Å². The molecular formula is C38H25N. The molecule has 39 heavy (non-hydrogen) atoms. The number of nitrogens with zero attached hydrogens (tertiary/aromatic N) is 1. The van der Waals surface area contributed by atoms with E-state index in [2.05, 4.69) is 156 Å². The first-order valence-corrected chi connectivity index (χ1v) is 13.5. The van der Waals surface area contributed by atoms with E-state index in [1.165, 1.54) is 71.3 Å². The second-order valence-electron chi connectivity index (χ2n) is 10.2. The van der Waals surface area contributed by atoms with Crippen molar-refractivity contribution >= 4 is 43.4 Å². The normalized spacial score (nSPS) is 11.6. The van der Waals surface area contributed by atoms with E-state index in [9.17, 15) is 0 Å². The molecule has 0 bridgehead atoms. The van der Waals surface area contributed by atoms with Crippen molar-refractivity contribution in [2.45, 2.75) is 0 Å². The number of aromatic nitrogens is 1. The summed E-state index contributed by atoms with van der Waals surface area (Å²) in [6, 6.07) is 55.0. The van der Waals surface area contributed by atoms with Gasteiger partial charge in [-0.3, -0.25) is 0 Å². The molecule has 0 fully saturated rings. The van der Waals surface area contributed by atoms with Gasteiger partial charge >= 0.3 is 0 Å². The van der Waals surface area contributed by atoms with Crippen molar-refractivity contribution in [2.75, 3.05) is 0 Å². The molecule has 0 aliphatic heterocycles. The lowest BCUT2D eigenvalue weighted by molar-refractivity contribution is 1.20. The summed E-state index contributed by atoms with van der Waals surface area (Å²) in [5, 5.41) is 7.57. The average molecular weight is 496 g/mol. The van der Waals surface area contributed by atoms with Gasteiger partial charge in [-0.15, -0.1) is 0 Å². The minimum absolute atomic E-state index is 1.21. The van der Waals surface area contributed by atoms with Gasteiger partial charge in [-0.2, -0.15) is 0 Å². The van der Waals surface area contributed by atoms with Gasteiger partial charge in [0.2, 0.25) is 0 Å². The fourth-order valence-corrected chi connectivity index (χ4v) is 6.16. The first-order valence-electron chi connectivity index (χ1n) is 13.5. The lowest BCUT2D eigenvalue weighted by Gasteiger charge is -2.15. The van der Waals surface area contributed by atoms with Crippen LogP contribution in [-0.4, -0.2) is 4.57 Å². The van der Waals surface area contributed by atoms with Crippen molar-refractivity contribution in [3.63, 3.8) is 0 Å². The van der Waals surface area contributed by atoms with Gasteiger partial charge in [0, 0.05) is 16.2 Å². The van der Waals surface area contributed by atoms with E-state index >= 15 is 0 Å². The number of rotatable bonds is 3. The zero-order chi connectivity index (χ0) is 25.8. The van der Waals surface area contributed by atoms with E-state index in [4.69, 9.17) is 0 Å². The zero-order valence-electron chi connectivity index (χ0n) is 21.4. The third-order valence-electron chi connectivity index (χ3n) is 7.96. The lowest BCUT2D eigenvalue weighted by atomic mass is 9.94. The van der Waals surface area contributed by atoms with Gasteiger partial charge in [-0.05, 0) is 68.7 Å². The summed E-state index contributed by atoms with van der Waals surface area (Å²) >= 11 is 0. The number of benzene rings is 7. The smallest absolute Gasteiger partial charge is 0.0546 e. The van der Waals surface area contributed by atoms with Gasteiger partial charge in [0.15, 0.2) is 0 Å². The van der Waals surface area contributed by atoms with Gasteiger partial charge in [0.1, 0.15) is 0 Å². The summed E-state index contributed by atoms with van der Waals surface area (Å²) in [5.41, 5.74) is 8.62. The van der Waals surface area contributed by atoms with Gasteiger partial charge < -0.3 is 4.57 Å². The summed E-state index contributed by atoms with van der Waals surface area (Å²) in [7, 11) is 0. The Bertz CT molecular complexity index is 2110. The van der Waals surface area contributed by atoms with E-state index in [0.29, 0.717) is 0 Å². The molecule has 182 valence electrons. The van der Waals surface area contributed by atoms with Crippen LogP contribution in [-0.2, 0) is 0 Å². The minimum Gasteiger partial charge on any atom is -0.309 e. The Morgan fingerprint density at radius 1 is 0.333 bits per heavy atom. The number of para-hydroxylation sites is 2. The highest BCUT2D eigenvalue weighted by molar-refractivity contribution is 6.11. The monoisotopic (exact) mass is 495 g/mol. The van der Waals surface area contributed by atoms with Crippen LogP contribution in [0.4, 0.5) is 0 Å². The number of hydrogen-bond acceptors (Lipinski definition) is 0. The molecular weight excluding hydrogens is 470 g/mol. The molecule has 0 spiro atoms. The maximum Gasteiger partial charge on any atom is 0.0546 e. The van der Waals surface area contributed by atoms with E-state index < -0.39 is 0 Å². The predicted octanol–water partition coefficient (Wildman–Crippen LogP) is 10.4. The average Bonchev–Trinajstić information content (AvgIpc) is 3.34. The second-order valence-corrected chi connectivity index (χ2v) is 10.2. The van der Waals surface area contributed by atoms with E-state index in [1.807, 2.05) is 0 Å². The Labute approximate surface area is 227 Å². The third-order valence-corrected chi connectivity index (χ3v) is 7.96. The molecule has 1 heteroatoms. The first-order chi connectivity index (χ1) is 19.3. The summed E-state index contributed by atoms with van der Waals surface area (Å²) in [4.78, 5) is 0. The van der Waals surface area contributed by atoms with Gasteiger partial charge in [0.25, 0.3) is 0 Å². The molecule has 0 saturated carbocycles. The van der Waals surface area contributed by atoms with Crippen LogP contribution in [0.15, 0.2) is 152 Å². The largest absolute Gasteiger partial charge is 0.309 e. The second kappa shape index (κ2) is 8.72. The Morgan fingerprint density at radius 2 is 0.923 bits per heavy atom. The fourth-order valence-electron chi connectivity index (χ4n) is 6.16. The lowest BCUT2D eigenvalue weighted by Crippen LogP contribution is -1.96. The van der Waals surface area contributed by atoms with Gasteiger partial charge in [-0.1, -0.05) is 121 Å². The summed E-state index contributed by atoms with van der Waals surface area (Å²) < 4.78 is 2.44. The Hall–Kier alpha value is -5.14. The molecule has 1 aromatic heterocycles. The molecule has 1 nitrogen and oxygen atoms in total. The molecule has 0 N–H and O–H groups in total. The Morgan fingerprint density at radius 3 is 1.69 bits per heavy atom. The van der Waals surface area contributed by atoms with Crippen molar-refractivity contribution in [1.82, 2.24) is 4.57 Å². The third kappa shape index (κ3) is 3.48. The molecule has 0 saturated heterocycles. The molecule has 0 amide bonds. The maximum atomic E-state index is 2.44. The van der Waals surface area contributed by atoms with E-state index in [0.717, 1.165) is 0 Å². The van der Waals surface area contributed by atoms with Crippen LogP contribution < -0.4 is 0 Å². The molecule has 1 heterocycles. The van der Waals surface area contributed by atoms with Crippen LogP contribution in [0.1, 0.15) is 0 Å². The van der Waals surface area contributed by atoms with E-state index in [-0.39, 0.29) is 0 Å². The molecule has 7 aromatic carbocycles. The molecule has 0 atom stereocenters.